The second-order valence-corrected chi connectivity index (χ2v) is 8.44. The van der Waals surface area contributed by atoms with Gasteiger partial charge in [0.1, 0.15) is 5.82 Å². The summed E-state index contributed by atoms with van der Waals surface area (Å²) in [5.74, 6) is 0.955. The number of halogens is 4. The fourth-order valence-corrected chi connectivity index (χ4v) is 3.95. The molecule has 0 saturated carbocycles. The van der Waals surface area contributed by atoms with Gasteiger partial charge in [0.25, 0.3) is 5.56 Å². The number of aryl methyl sites for hydroxylation is 2. The number of aromatic nitrogens is 4. The summed E-state index contributed by atoms with van der Waals surface area (Å²) >= 11 is 5.97. The number of hydrogen-bond donors (Lipinski definition) is 1. The molecule has 0 spiro atoms. The number of aromatic amines is 1. The van der Waals surface area contributed by atoms with Crippen LogP contribution in [-0.2, 0) is 29.5 Å². The van der Waals surface area contributed by atoms with E-state index in [0.717, 1.165) is 5.56 Å². The molecule has 0 saturated heterocycles. The van der Waals surface area contributed by atoms with Gasteiger partial charge in [-0.1, -0.05) is 35.9 Å². The molecule has 1 aliphatic rings. The lowest BCUT2D eigenvalue weighted by Gasteiger charge is -2.20. The van der Waals surface area contributed by atoms with Gasteiger partial charge in [0.2, 0.25) is 0 Å². The Hall–Kier alpha value is -3.31. The second kappa shape index (κ2) is 10.1. The van der Waals surface area contributed by atoms with Crippen LogP contribution in [0.2, 0.25) is 5.02 Å². The number of benzene rings is 1. The van der Waals surface area contributed by atoms with E-state index >= 15 is 0 Å². The summed E-state index contributed by atoms with van der Waals surface area (Å²) in [6.45, 7) is 0.551. The number of allylic oxidation sites excluding steroid dienone is 2. The highest BCUT2D eigenvalue weighted by Gasteiger charge is 2.33. The molecule has 0 bridgehead atoms. The Morgan fingerprint density at radius 2 is 1.97 bits per heavy atom. The van der Waals surface area contributed by atoms with Crippen molar-refractivity contribution in [3.05, 3.63) is 85.5 Å². The Labute approximate surface area is 202 Å². The SMILES string of the molecule is Cn1c(=O)[nH]c(=O)c2c1nc(CCCOC1=CC=CC(OC(F)(F)F)C1)n2Cc1ccc(Cl)cc1. The Kier molecular flexibility index (Phi) is 7.18. The standard InChI is InChI=1S/C23H22ClF3N4O4/c1-30-20-19(21(32)29-22(30)33)31(13-14-7-9-15(24)10-8-14)18(28-20)6-3-11-34-16-4-2-5-17(12-16)35-23(25,26)27/h2,4-5,7-10,17H,3,6,11-13H2,1H3,(H,29,32,33). The molecule has 2 heterocycles. The van der Waals surface area contributed by atoms with Crippen molar-refractivity contribution >= 4 is 22.8 Å². The van der Waals surface area contributed by atoms with Crippen LogP contribution in [0.15, 0.2) is 57.8 Å². The average Bonchev–Trinajstić information content (AvgIpc) is 3.14. The average molecular weight is 511 g/mol. The van der Waals surface area contributed by atoms with Gasteiger partial charge >= 0.3 is 12.1 Å². The number of H-pyrrole nitrogens is 1. The minimum absolute atomic E-state index is 0.0252. The van der Waals surface area contributed by atoms with Crippen LogP contribution in [0.3, 0.4) is 0 Å². The molecule has 8 nitrogen and oxygen atoms in total. The highest BCUT2D eigenvalue weighted by Crippen LogP contribution is 2.25. The van der Waals surface area contributed by atoms with Gasteiger partial charge in [-0.2, -0.15) is 0 Å². The first-order valence-corrected chi connectivity index (χ1v) is 11.2. The van der Waals surface area contributed by atoms with Crippen molar-refractivity contribution in [3.63, 3.8) is 0 Å². The van der Waals surface area contributed by atoms with E-state index in [2.05, 4.69) is 14.7 Å². The van der Waals surface area contributed by atoms with Gasteiger partial charge in [0, 0.05) is 31.5 Å². The number of nitrogens with zero attached hydrogens (tertiary/aromatic N) is 3. The molecular formula is C23H22ClF3N4O4. The number of alkyl halides is 3. The van der Waals surface area contributed by atoms with Gasteiger partial charge in [0.15, 0.2) is 11.2 Å². The molecule has 1 aromatic carbocycles. The summed E-state index contributed by atoms with van der Waals surface area (Å²) in [5.41, 5.74) is 0.304. The third-order valence-electron chi connectivity index (χ3n) is 5.47. The van der Waals surface area contributed by atoms with Crippen LogP contribution < -0.4 is 11.2 Å². The maximum Gasteiger partial charge on any atom is 0.523 e. The minimum Gasteiger partial charge on any atom is -0.498 e. The van der Waals surface area contributed by atoms with Crippen LogP contribution >= 0.6 is 11.6 Å². The molecular weight excluding hydrogens is 489 g/mol. The molecule has 0 amide bonds. The zero-order valence-electron chi connectivity index (χ0n) is 18.6. The van der Waals surface area contributed by atoms with Crippen molar-refractivity contribution in [2.24, 2.45) is 7.05 Å². The lowest BCUT2D eigenvalue weighted by Crippen LogP contribution is -2.29. The molecule has 4 rings (SSSR count). The normalized spacial score (nSPS) is 16.0. The van der Waals surface area contributed by atoms with Crippen LogP contribution in [0.1, 0.15) is 24.2 Å². The summed E-state index contributed by atoms with van der Waals surface area (Å²) in [7, 11) is 1.52. The Balaban J connectivity index is 1.49. The van der Waals surface area contributed by atoms with E-state index in [4.69, 9.17) is 16.3 Å². The molecule has 1 unspecified atom stereocenters. The summed E-state index contributed by atoms with van der Waals surface area (Å²) in [4.78, 5) is 31.5. The maximum atomic E-state index is 12.6. The molecule has 1 aliphatic carbocycles. The van der Waals surface area contributed by atoms with E-state index in [1.54, 1.807) is 22.8 Å². The van der Waals surface area contributed by atoms with Crippen LogP contribution in [0, 0.1) is 0 Å². The van der Waals surface area contributed by atoms with Crippen LogP contribution in [-0.4, -0.2) is 38.2 Å². The fourth-order valence-electron chi connectivity index (χ4n) is 3.83. The zero-order chi connectivity index (χ0) is 25.2. The first kappa shape index (κ1) is 24.8. The van der Waals surface area contributed by atoms with Crippen molar-refractivity contribution in [2.75, 3.05) is 6.61 Å². The van der Waals surface area contributed by atoms with Crippen molar-refractivity contribution in [1.82, 2.24) is 19.1 Å². The molecule has 0 aliphatic heterocycles. The molecule has 0 fully saturated rings. The zero-order valence-corrected chi connectivity index (χ0v) is 19.4. The highest BCUT2D eigenvalue weighted by atomic mass is 35.5. The molecule has 186 valence electrons. The number of rotatable bonds is 8. The Morgan fingerprint density at radius 1 is 1.23 bits per heavy atom. The van der Waals surface area contributed by atoms with E-state index in [1.165, 1.54) is 23.8 Å². The van der Waals surface area contributed by atoms with E-state index in [9.17, 15) is 22.8 Å². The molecule has 1 atom stereocenters. The quantitative estimate of drug-likeness (QED) is 0.465. The predicted octanol–water partition coefficient (Wildman–Crippen LogP) is 3.82. The highest BCUT2D eigenvalue weighted by molar-refractivity contribution is 6.30. The van der Waals surface area contributed by atoms with Gasteiger partial charge in [-0.05, 0) is 30.2 Å². The van der Waals surface area contributed by atoms with Crippen molar-refractivity contribution in [1.29, 1.82) is 0 Å². The van der Waals surface area contributed by atoms with Crippen LogP contribution in [0.4, 0.5) is 13.2 Å². The number of ether oxygens (including phenoxy) is 2. The van der Waals surface area contributed by atoms with Gasteiger partial charge in [-0.3, -0.25) is 19.1 Å². The number of nitrogens with one attached hydrogen (secondary N) is 1. The first-order chi connectivity index (χ1) is 16.6. The van der Waals surface area contributed by atoms with E-state index in [-0.39, 0.29) is 24.2 Å². The summed E-state index contributed by atoms with van der Waals surface area (Å²) in [5, 5.41) is 0.580. The largest absolute Gasteiger partial charge is 0.523 e. The minimum atomic E-state index is -4.72. The van der Waals surface area contributed by atoms with Crippen molar-refractivity contribution < 1.29 is 22.6 Å². The first-order valence-electron chi connectivity index (χ1n) is 10.8. The van der Waals surface area contributed by atoms with Crippen molar-refractivity contribution in [2.45, 2.75) is 38.3 Å². The summed E-state index contributed by atoms with van der Waals surface area (Å²) in [6, 6.07) is 7.15. The Morgan fingerprint density at radius 3 is 2.69 bits per heavy atom. The lowest BCUT2D eigenvalue weighted by molar-refractivity contribution is -0.336. The number of fused-ring (bicyclic) bond motifs is 1. The van der Waals surface area contributed by atoms with Crippen LogP contribution in [0.25, 0.3) is 11.2 Å². The van der Waals surface area contributed by atoms with Gasteiger partial charge in [-0.15, -0.1) is 13.2 Å². The molecule has 35 heavy (non-hydrogen) atoms. The molecule has 2 aromatic heterocycles. The Bertz CT molecular complexity index is 1390. The van der Waals surface area contributed by atoms with E-state index < -0.39 is 23.7 Å². The number of hydrogen-bond acceptors (Lipinski definition) is 5. The predicted molar refractivity (Wildman–Crippen MR) is 123 cm³/mol. The van der Waals surface area contributed by atoms with Gasteiger partial charge in [0.05, 0.1) is 18.5 Å². The summed E-state index contributed by atoms with van der Waals surface area (Å²) < 4.78 is 50.1. The summed E-state index contributed by atoms with van der Waals surface area (Å²) in [6.07, 6.45) is -0.618. The maximum absolute atomic E-state index is 12.6. The van der Waals surface area contributed by atoms with E-state index in [0.29, 0.717) is 36.0 Å². The third kappa shape index (κ3) is 6.04. The second-order valence-electron chi connectivity index (χ2n) is 8.01. The fraction of sp³-hybridized carbons (Fsp3) is 0.348. The lowest BCUT2D eigenvalue weighted by atomic mass is 10.1. The van der Waals surface area contributed by atoms with E-state index in [1.807, 2.05) is 12.1 Å². The van der Waals surface area contributed by atoms with Crippen LogP contribution in [0.5, 0.6) is 0 Å². The molecule has 12 heteroatoms. The number of imidazole rings is 1. The molecule has 1 N–H and O–H groups in total. The van der Waals surface area contributed by atoms with Crippen molar-refractivity contribution in [3.8, 4) is 0 Å². The topological polar surface area (TPSA) is 91.1 Å². The molecule has 3 aromatic rings. The molecule has 0 radical (unpaired) electrons. The smallest absolute Gasteiger partial charge is 0.498 e. The van der Waals surface area contributed by atoms with Gasteiger partial charge in [-0.25, -0.2) is 9.78 Å². The monoisotopic (exact) mass is 510 g/mol. The third-order valence-corrected chi connectivity index (χ3v) is 5.72. The van der Waals surface area contributed by atoms with Gasteiger partial charge < -0.3 is 9.30 Å².